The number of hydrogen-bond donors (Lipinski definition) is 1. The molecule has 2 aromatic rings. The number of aromatic nitrogens is 1. The fourth-order valence-electron chi connectivity index (χ4n) is 2.93. The zero-order chi connectivity index (χ0) is 14.8. The Balaban J connectivity index is 1.87. The summed E-state index contributed by atoms with van der Waals surface area (Å²) in [5, 5.41) is 9.73. The number of rotatable bonds is 2. The summed E-state index contributed by atoms with van der Waals surface area (Å²) in [6.45, 7) is 1.16. The summed E-state index contributed by atoms with van der Waals surface area (Å²) in [5.41, 5.74) is 2.79. The van der Waals surface area contributed by atoms with Crippen LogP contribution in [0.15, 0.2) is 42.5 Å². The van der Waals surface area contributed by atoms with Gasteiger partial charge in [0.25, 0.3) is 5.91 Å². The van der Waals surface area contributed by atoms with E-state index in [0.29, 0.717) is 12.2 Å². The van der Waals surface area contributed by atoms with E-state index in [0.717, 1.165) is 30.6 Å². The van der Waals surface area contributed by atoms with E-state index >= 15 is 0 Å². The molecule has 1 unspecified atom stereocenters. The van der Waals surface area contributed by atoms with Crippen molar-refractivity contribution in [2.75, 3.05) is 13.1 Å². The van der Waals surface area contributed by atoms with Gasteiger partial charge in [-0.1, -0.05) is 30.3 Å². The van der Waals surface area contributed by atoms with Crippen LogP contribution in [0.25, 0.3) is 11.3 Å². The molecule has 1 atom stereocenters. The zero-order valence-corrected chi connectivity index (χ0v) is 12.2. The van der Waals surface area contributed by atoms with Crippen LogP contribution in [0.3, 0.4) is 0 Å². The minimum absolute atomic E-state index is 0.00145. The second-order valence-electron chi connectivity index (χ2n) is 5.58. The zero-order valence-electron chi connectivity index (χ0n) is 12.2. The minimum Gasteiger partial charge on any atom is -0.391 e. The van der Waals surface area contributed by atoms with Crippen LogP contribution in [0, 0.1) is 0 Å². The Bertz CT molecular complexity index is 633. The van der Waals surface area contributed by atoms with Gasteiger partial charge < -0.3 is 14.6 Å². The third kappa shape index (κ3) is 2.72. The number of nitrogens with zero attached hydrogens (tertiary/aromatic N) is 2. The van der Waals surface area contributed by atoms with E-state index in [1.807, 2.05) is 54.1 Å². The number of aliphatic hydroxyl groups is 1. The van der Waals surface area contributed by atoms with Crippen LogP contribution < -0.4 is 0 Å². The molecule has 0 radical (unpaired) electrons. The molecule has 2 heterocycles. The molecule has 1 N–H and O–H groups in total. The molecule has 21 heavy (non-hydrogen) atoms. The molecular formula is C17H20N2O2. The number of piperidine rings is 1. The first-order valence-electron chi connectivity index (χ1n) is 7.35. The third-order valence-electron chi connectivity index (χ3n) is 4.09. The van der Waals surface area contributed by atoms with Crippen molar-refractivity contribution in [3.63, 3.8) is 0 Å². The number of benzene rings is 1. The van der Waals surface area contributed by atoms with Gasteiger partial charge >= 0.3 is 0 Å². The normalized spacial score (nSPS) is 18.8. The van der Waals surface area contributed by atoms with E-state index in [1.54, 1.807) is 4.90 Å². The predicted molar refractivity (Wildman–Crippen MR) is 82.0 cm³/mol. The van der Waals surface area contributed by atoms with E-state index < -0.39 is 6.10 Å². The van der Waals surface area contributed by atoms with Crippen LogP contribution in [-0.4, -0.2) is 39.7 Å². The van der Waals surface area contributed by atoms with Gasteiger partial charge in [-0.25, -0.2) is 0 Å². The SMILES string of the molecule is Cn1c(C(=O)N2CCCC(O)C2)ccc1-c1ccccc1. The second kappa shape index (κ2) is 5.74. The number of aliphatic hydroxyl groups excluding tert-OH is 1. The number of β-amino-alcohol motifs (C(OH)–C–C–N with tert-alkyl or cyclic N) is 1. The molecule has 1 aliphatic rings. The number of hydrogen-bond acceptors (Lipinski definition) is 2. The number of carbonyl (C=O) groups is 1. The van der Waals surface area contributed by atoms with Crippen LogP contribution in [0.1, 0.15) is 23.3 Å². The molecule has 1 aromatic carbocycles. The first-order valence-corrected chi connectivity index (χ1v) is 7.35. The van der Waals surface area contributed by atoms with Crippen LogP contribution in [0.5, 0.6) is 0 Å². The Hall–Kier alpha value is -2.07. The first kappa shape index (κ1) is 13.9. The summed E-state index contributed by atoms with van der Waals surface area (Å²) in [4.78, 5) is 14.4. The van der Waals surface area contributed by atoms with Crippen molar-refractivity contribution in [1.29, 1.82) is 0 Å². The van der Waals surface area contributed by atoms with E-state index in [9.17, 15) is 9.90 Å². The van der Waals surface area contributed by atoms with E-state index in [2.05, 4.69) is 0 Å². The van der Waals surface area contributed by atoms with E-state index in [-0.39, 0.29) is 5.91 Å². The molecule has 1 amide bonds. The lowest BCUT2D eigenvalue weighted by atomic mass is 10.1. The van der Waals surface area contributed by atoms with Crippen LogP contribution >= 0.6 is 0 Å². The molecule has 0 bridgehead atoms. The Labute approximate surface area is 124 Å². The number of likely N-dealkylation sites (tertiary alicyclic amines) is 1. The average molecular weight is 284 g/mol. The Morgan fingerprint density at radius 2 is 1.95 bits per heavy atom. The Morgan fingerprint density at radius 3 is 2.67 bits per heavy atom. The van der Waals surface area contributed by atoms with Crippen LogP contribution in [0.2, 0.25) is 0 Å². The maximum Gasteiger partial charge on any atom is 0.270 e. The smallest absolute Gasteiger partial charge is 0.270 e. The summed E-state index contributed by atoms with van der Waals surface area (Å²) in [7, 11) is 1.91. The van der Waals surface area contributed by atoms with Crippen molar-refractivity contribution in [2.45, 2.75) is 18.9 Å². The molecule has 1 saturated heterocycles. The Morgan fingerprint density at radius 1 is 1.19 bits per heavy atom. The molecule has 0 spiro atoms. The summed E-state index contributed by atoms with van der Waals surface area (Å²) in [6, 6.07) is 13.9. The summed E-state index contributed by atoms with van der Waals surface area (Å²) in [5.74, 6) is -0.00145. The van der Waals surface area contributed by atoms with Gasteiger partial charge in [0.1, 0.15) is 5.69 Å². The van der Waals surface area contributed by atoms with E-state index in [1.165, 1.54) is 0 Å². The number of amides is 1. The standard InChI is InChI=1S/C17H20N2O2/c1-18-15(13-6-3-2-4-7-13)9-10-16(18)17(21)19-11-5-8-14(20)12-19/h2-4,6-7,9-10,14,20H,5,8,11-12H2,1H3. The lowest BCUT2D eigenvalue weighted by Gasteiger charge is -2.30. The van der Waals surface area contributed by atoms with Gasteiger partial charge in [-0.05, 0) is 30.5 Å². The fourth-order valence-corrected chi connectivity index (χ4v) is 2.93. The fraction of sp³-hybridized carbons (Fsp3) is 0.353. The van der Waals surface area contributed by atoms with Crippen molar-refractivity contribution < 1.29 is 9.90 Å². The van der Waals surface area contributed by atoms with E-state index in [4.69, 9.17) is 0 Å². The summed E-state index contributed by atoms with van der Waals surface area (Å²) < 4.78 is 1.93. The lowest BCUT2D eigenvalue weighted by molar-refractivity contribution is 0.0466. The molecule has 4 nitrogen and oxygen atoms in total. The molecule has 0 saturated carbocycles. The molecule has 1 aliphatic heterocycles. The maximum atomic E-state index is 12.6. The molecule has 1 fully saturated rings. The predicted octanol–water partition coefficient (Wildman–Crippen LogP) is 2.29. The Kier molecular flexibility index (Phi) is 3.80. The summed E-state index contributed by atoms with van der Waals surface area (Å²) in [6.07, 6.45) is 1.26. The number of carbonyl (C=O) groups excluding carboxylic acids is 1. The highest BCUT2D eigenvalue weighted by atomic mass is 16.3. The van der Waals surface area contributed by atoms with Gasteiger partial charge in [-0.15, -0.1) is 0 Å². The molecule has 1 aromatic heterocycles. The van der Waals surface area contributed by atoms with Gasteiger partial charge in [-0.3, -0.25) is 4.79 Å². The van der Waals surface area contributed by atoms with Crippen molar-refractivity contribution in [1.82, 2.24) is 9.47 Å². The monoisotopic (exact) mass is 284 g/mol. The van der Waals surface area contributed by atoms with Gasteiger partial charge in [0.05, 0.1) is 6.10 Å². The molecular weight excluding hydrogens is 264 g/mol. The molecule has 4 heteroatoms. The van der Waals surface area contributed by atoms with Crippen LogP contribution in [0.4, 0.5) is 0 Å². The highest BCUT2D eigenvalue weighted by Gasteiger charge is 2.25. The van der Waals surface area contributed by atoms with Crippen molar-refractivity contribution in [3.8, 4) is 11.3 Å². The van der Waals surface area contributed by atoms with Crippen LogP contribution in [-0.2, 0) is 7.05 Å². The second-order valence-corrected chi connectivity index (χ2v) is 5.58. The first-order chi connectivity index (χ1) is 10.2. The largest absolute Gasteiger partial charge is 0.391 e. The van der Waals surface area contributed by atoms with Gasteiger partial charge in [0.2, 0.25) is 0 Å². The average Bonchev–Trinajstić information content (AvgIpc) is 2.89. The molecule has 110 valence electrons. The topological polar surface area (TPSA) is 45.5 Å². The lowest BCUT2D eigenvalue weighted by Crippen LogP contribution is -2.42. The molecule has 0 aliphatic carbocycles. The van der Waals surface area contributed by atoms with Gasteiger partial charge in [0.15, 0.2) is 0 Å². The molecule has 3 rings (SSSR count). The van der Waals surface area contributed by atoms with Crippen molar-refractivity contribution in [3.05, 3.63) is 48.2 Å². The quantitative estimate of drug-likeness (QED) is 0.919. The van der Waals surface area contributed by atoms with Crippen molar-refractivity contribution >= 4 is 5.91 Å². The van der Waals surface area contributed by atoms with Gasteiger partial charge in [0, 0.05) is 25.8 Å². The van der Waals surface area contributed by atoms with Gasteiger partial charge in [-0.2, -0.15) is 0 Å². The maximum absolute atomic E-state index is 12.6. The minimum atomic E-state index is -0.392. The summed E-state index contributed by atoms with van der Waals surface area (Å²) >= 11 is 0. The third-order valence-corrected chi connectivity index (χ3v) is 4.09. The van der Waals surface area contributed by atoms with Crippen molar-refractivity contribution in [2.24, 2.45) is 7.05 Å². The highest BCUT2D eigenvalue weighted by Crippen LogP contribution is 2.23. The highest BCUT2D eigenvalue weighted by molar-refractivity contribution is 5.94.